The molecule has 0 bridgehead atoms. The third-order valence-corrected chi connectivity index (χ3v) is 3.72. The molecule has 3 nitrogen and oxygen atoms in total. The lowest BCUT2D eigenvalue weighted by molar-refractivity contribution is -0.138. The first kappa shape index (κ1) is 7.18. The number of nitrogens with zero attached hydrogens (tertiary/aromatic N) is 1. The number of carbonyl (C=O) groups is 1. The first-order chi connectivity index (χ1) is 5.18. The average Bonchev–Trinajstić information content (AvgIpc) is 1.93. The Kier molecular flexibility index (Phi) is 1.47. The predicted molar refractivity (Wildman–Crippen MR) is 42.0 cm³/mol. The maximum absolute atomic E-state index is 11.3. The van der Waals surface area contributed by atoms with Crippen molar-refractivity contribution in [3.05, 3.63) is 11.8 Å². The Hall–Kier alpha value is -0.480. The summed E-state index contributed by atoms with van der Waals surface area (Å²) in [6.07, 6.45) is 2.29. The van der Waals surface area contributed by atoms with Gasteiger partial charge in [-0.1, -0.05) is 0 Å². The molecule has 11 heavy (non-hydrogen) atoms. The Labute approximate surface area is 68.2 Å². The molecule has 2 rings (SSSR count). The van der Waals surface area contributed by atoms with Crippen LogP contribution in [0.5, 0.6) is 0 Å². The molecule has 0 aromatic carbocycles. The highest BCUT2D eigenvalue weighted by atomic mass is 32.2. The van der Waals surface area contributed by atoms with Crippen molar-refractivity contribution in [2.45, 2.75) is 18.7 Å². The molecule has 1 amide bonds. The van der Waals surface area contributed by atoms with Gasteiger partial charge in [-0.2, -0.15) is 0 Å². The van der Waals surface area contributed by atoms with E-state index in [1.54, 1.807) is 4.90 Å². The van der Waals surface area contributed by atoms with Gasteiger partial charge in [-0.15, -0.1) is 0 Å². The molecule has 1 fully saturated rings. The maximum atomic E-state index is 11.3. The Bertz CT molecular complexity index is 239. The molecule has 0 radical (unpaired) electrons. The average molecular weight is 171 g/mol. The molecule has 0 saturated carbocycles. The van der Waals surface area contributed by atoms with Gasteiger partial charge in [-0.3, -0.25) is 9.69 Å². The summed E-state index contributed by atoms with van der Waals surface area (Å²) in [6.45, 7) is 1.90. The number of carbonyl (C=O) groups excluding carboxylic acids is 1. The van der Waals surface area contributed by atoms with Crippen LogP contribution in [0.2, 0.25) is 0 Å². The van der Waals surface area contributed by atoms with E-state index < -0.39 is 11.2 Å². The van der Waals surface area contributed by atoms with Crippen molar-refractivity contribution in [2.75, 3.05) is 5.75 Å². The molecule has 0 aliphatic carbocycles. The van der Waals surface area contributed by atoms with E-state index in [9.17, 15) is 9.35 Å². The highest BCUT2D eigenvalue weighted by Gasteiger charge is 2.45. The third kappa shape index (κ3) is 0.973. The molecule has 4 heteroatoms. The van der Waals surface area contributed by atoms with Crippen molar-refractivity contribution >= 4 is 17.1 Å². The molecule has 60 valence electrons. The fourth-order valence-electron chi connectivity index (χ4n) is 1.37. The normalized spacial score (nSPS) is 36.0. The van der Waals surface area contributed by atoms with E-state index in [-0.39, 0.29) is 11.3 Å². The highest BCUT2D eigenvalue weighted by Crippen LogP contribution is 2.30. The number of rotatable bonds is 0. The molecule has 1 saturated heterocycles. The van der Waals surface area contributed by atoms with Crippen molar-refractivity contribution in [3.63, 3.8) is 0 Å². The van der Waals surface area contributed by atoms with E-state index in [1.165, 1.54) is 0 Å². The SMILES string of the molecule is CC1=CN2C(=O)C[C@H]2[S+]([O-])C1. The Morgan fingerprint density at radius 1 is 1.82 bits per heavy atom. The standard InChI is InChI=1S/C7H9NO2S/c1-5-3-8-6(9)2-7(8)11(10)4-5/h3,7H,2,4H2,1H3/t7-,11?/m1/s1. The fourth-order valence-corrected chi connectivity index (χ4v) is 2.85. The van der Waals surface area contributed by atoms with Crippen molar-refractivity contribution in [3.8, 4) is 0 Å². The second kappa shape index (κ2) is 2.25. The maximum Gasteiger partial charge on any atom is 0.237 e. The summed E-state index contributed by atoms with van der Waals surface area (Å²) in [5, 5.41) is -0.00815. The molecular weight excluding hydrogens is 162 g/mol. The van der Waals surface area contributed by atoms with E-state index in [1.807, 2.05) is 13.1 Å². The van der Waals surface area contributed by atoms with Gasteiger partial charge in [-0.05, 0) is 23.7 Å². The van der Waals surface area contributed by atoms with E-state index in [0.717, 1.165) is 5.57 Å². The zero-order chi connectivity index (χ0) is 8.01. The van der Waals surface area contributed by atoms with Crippen LogP contribution in [0.3, 0.4) is 0 Å². The van der Waals surface area contributed by atoms with Crippen LogP contribution in [-0.2, 0) is 16.0 Å². The van der Waals surface area contributed by atoms with Crippen LogP contribution in [0.15, 0.2) is 11.8 Å². The zero-order valence-electron chi connectivity index (χ0n) is 6.24. The highest BCUT2D eigenvalue weighted by molar-refractivity contribution is 7.92. The Morgan fingerprint density at radius 3 is 3.18 bits per heavy atom. The predicted octanol–water partition coefficient (Wildman–Crippen LogP) is 0.211. The van der Waals surface area contributed by atoms with Gasteiger partial charge in [0.1, 0.15) is 5.75 Å². The molecule has 1 unspecified atom stereocenters. The lowest BCUT2D eigenvalue weighted by Crippen LogP contribution is -2.56. The number of hydrogen-bond donors (Lipinski definition) is 0. The van der Waals surface area contributed by atoms with Crippen molar-refractivity contribution < 1.29 is 9.35 Å². The Morgan fingerprint density at radius 2 is 2.55 bits per heavy atom. The van der Waals surface area contributed by atoms with E-state index in [2.05, 4.69) is 0 Å². The van der Waals surface area contributed by atoms with Gasteiger partial charge in [0.05, 0.1) is 6.42 Å². The number of hydrogen-bond acceptors (Lipinski definition) is 2. The molecule has 2 heterocycles. The van der Waals surface area contributed by atoms with Crippen molar-refractivity contribution in [1.82, 2.24) is 4.90 Å². The molecule has 2 atom stereocenters. The quantitative estimate of drug-likeness (QED) is 0.386. The summed E-state index contributed by atoms with van der Waals surface area (Å²) in [6, 6.07) is 0. The van der Waals surface area contributed by atoms with Crippen molar-refractivity contribution in [1.29, 1.82) is 0 Å². The number of amides is 1. The topological polar surface area (TPSA) is 43.4 Å². The molecule has 2 aliphatic heterocycles. The first-order valence-electron chi connectivity index (χ1n) is 3.54. The van der Waals surface area contributed by atoms with Gasteiger partial charge in [0.2, 0.25) is 11.3 Å². The summed E-state index contributed by atoms with van der Waals surface area (Å²) < 4.78 is 11.3. The Balaban J connectivity index is 2.22. The zero-order valence-corrected chi connectivity index (χ0v) is 7.06. The molecule has 0 N–H and O–H groups in total. The van der Waals surface area contributed by atoms with Crippen LogP contribution in [0.4, 0.5) is 0 Å². The van der Waals surface area contributed by atoms with Gasteiger partial charge in [0.25, 0.3) is 0 Å². The van der Waals surface area contributed by atoms with Gasteiger partial charge in [0, 0.05) is 6.20 Å². The smallest absolute Gasteiger partial charge is 0.237 e. The lowest BCUT2D eigenvalue weighted by Gasteiger charge is -2.41. The van der Waals surface area contributed by atoms with Crippen LogP contribution in [-0.4, -0.2) is 26.5 Å². The minimum atomic E-state index is -0.842. The van der Waals surface area contributed by atoms with Crippen LogP contribution in [0.1, 0.15) is 13.3 Å². The fraction of sp³-hybridized carbons (Fsp3) is 0.571. The summed E-state index contributed by atoms with van der Waals surface area (Å²) in [5.41, 5.74) is 1.03. The van der Waals surface area contributed by atoms with Gasteiger partial charge in [-0.25, -0.2) is 0 Å². The third-order valence-electron chi connectivity index (χ3n) is 1.98. The van der Waals surface area contributed by atoms with E-state index >= 15 is 0 Å². The van der Waals surface area contributed by atoms with Crippen LogP contribution < -0.4 is 0 Å². The van der Waals surface area contributed by atoms with Crippen LogP contribution >= 0.6 is 0 Å². The molecule has 0 aromatic heterocycles. The second-order valence-electron chi connectivity index (χ2n) is 2.96. The molecular formula is C7H9NO2S. The number of fused-ring (bicyclic) bond motifs is 1. The van der Waals surface area contributed by atoms with Gasteiger partial charge < -0.3 is 4.55 Å². The molecule has 0 aromatic rings. The minimum absolute atomic E-state index is 0.00815. The van der Waals surface area contributed by atoms with Gasteiger partial charge in [0.15, 0.2) is 0 Å². The van der Waals surface area contributed by atoms with Gasteiger partial charge >= 0.3 is 0 Å². The van der Waals surface area contributed by atoms with Crippen LogP contribution in [0.25, 0.3) is 0 Å². The summed E-state index contributed by atoms with van der Waals surface area (Å²) >= 11 is -0.842. The molecule has 2 aliphatic rings. The summed E-state index contributed by atoms with van der Waals surface area (Å²) in [7, 11) is 0. The summed E-state index contributed by atoms with van der Waals surface area (Å²) in [4.78, 5) is 12.5. The lowest BCUT2D eigenvalue weighted by atomic mass is 10.2. The first-order valence-corrected chi connectivity index (χ1v) is 4.92. The minimum Gasteiger partial charge on any atom is -0.614 e. The summed E-state index contributed by atoms with van der Waals surface area (Å²) in [5.74, 6) is 0.733. The molecule has 0 spiro atoms. The monoisotopic (exact) mass is 171 g/mol. The van der Waals surface area contributed by atoms with E-state index in [4.69, 9.17) is 0 Å². The van der Waals surface area contributed by atoms with E-state index in [0.29, 0.717) is 12.2 Å². The largest absolute Gasteiger partial charge is 0.614 e. The second-order valence-corrected chi connectivity index (χ2v) is 4.55. The van der Waals surface area contributed by atoms with Crippen LogP contribution in [0, 0.1) is 0 Å². The van der Waals surface area contributed by atoms with Crippen molar-refractivity contribution in [2.24, 2.45) is 0 Å². The number of β-lactam (4-membered cyclic amide) rings is 1.